The molecule has 1 fully saturated rings. The minimum absolute atomic E-state index is 0.0372. The number of likely N-dealkylation sites (tertiary alicyclic amines) is 1. The summed E-state index contributed by atoms with van der Waals surface area (Å²) in [4.78, 5) is 40.4. The molecule has 1 heterocycles. The molecule has 3 rings (SSSR count). The van der Waals surface area contributed by atoms with Crippen LogP contribution < -0.4 is 4.90 Å². The first kappa shape index (κ1) is 20.1. The van der Waals surface area contributed by atoms with Gasteiger partial charge >= 0.3 is 5.97 Å². The van der Waals surface area contributed by atoms with Crippen LogP contribution in [0.25, 0.3) is 0 Å². The average Bonchev–Trinajstić information content (AvgIpc) is 3.10. The number of ether oxygens (including phenoxy) is 1. The minimum atomic E-state index is -0.409. The minimum Gasteiger partial charge on any atom is -0.462 e. The van der Waals surface area contributed by atoms with Gasteiger partial charge in [-0.3, -0.25) is 14.5 Å². The summed E-state index contributed by atoms with van der Waals surface area (Å²) in [5.41, 5.74) is 1.53. The Labute approximate surface area is 172 Å². The number of rotatable bonds is 6. The first-order valence-electron chi connectivity index (χ1n) is 9.12. The quantitative estimate of drug-likeness (QED) is 0.634. The molecule has 0 bridgehead atoms. The molecule has 1 aliphatic rings. The molecule has 0 aromatic heterocycles. The van der Waals surface area contributed by atoms with E-state index in [-0.39, 0.29) is 18.5 Å². The molecular formula is C21H21BrN2O4. The van der Waals surface area contributed by atoms with Crippen molar-refractivity contribution in [2.24, 2.45) is 0 Å². The van der Waals surface area contributed by atoms with E-state index in [1.807, 2.05) is 6.07 Å². The van der Waals surface area contributed by atoms with Crippen molar-refractivity contribution in [2.75, 3.05) is 24.7 Å². The van der Waals surface area contributed by atoms with E-state index in [0.717, 1.165) is 10.9 Å². The summed E-state index contributed by atoms with van der Waals surface area (Å²) >= 11 is 3.39. The molecule has 6 nitrogen and oxygen atoms in total. The Morgan fingerprint density at radius 3 is 2.50 bits per heavy atom. The Morgan fingerprint density at radius 2 is 1.89 bits per heavy atom. The zero-order chi connectivity index (χ0) is 20.1. The van der Waals surface area contributed by atoms with Crippen molar-refractivity contribution in [1.82, 2.24) is 4.90 Å². The van der Waals surface area contributed by atoms with Crippen LogP contribution in [-0.4, -0.2) is 42.5 Å². The standard InChI is InChI=1S/C21H21BrN2O4/c1-2-28-21(27)15-8-10-18(11-9-15)24(14-23-12-4-7-19(23)25)20(26)16-5-3-6-17(22)13-16/h3,5-6,8-11,13H,2,4,7,12,14H2,1H3. The Morgan fingerprint density at radius 1 is 1.14 bits per heavy atom. The van der Waals surface area contributed by atoms with Gasteiger partial charge in [0.15, 0.2) is 0 Å². The van der Waals surface area contributed by atoms with Crippen LogP contribution in [0.5, 0.6) is 0 Å². The van der Waals surface area contributed by atoms with Crippen molar-refractivity contribution < 1.29 is 19.1 Å². The lowest BCUT2D eigenvalue weighted by Crippen LogP contribution is -2.42. The SMILES string of the molecule is CCOC(=O)c1ccc(N(CN2CCCC2=O)C(=O)c2cccc(Br)c2)cc1. The van der Waals surface area contributed by atoms with Crippen molar-refractivity contribution >= 4 is 39.4 Å². The first-order chi connectivity index (χ1) is 13.5. The number of carbonyl (C=O) groups is 3. The van der Waals surface area contributed by atoms with E-state index in [0.29, 0.717) is 36.4 Å². The maximum absolute atomic E-state index is 13.2. The highest BCUT2D eigenvalue weighted by Gasteiger charge is 2.26. The van der Waals surface area contributed by atoms with Gasteiger partial charge in [0, 0.05) is 28.7 Å². The van der Waals surface area contributed by atoms with Crippen LogP contribution in [0, 0.1) is 0 Å². The van der Waals surface area contributed by atoms with E-state index in [4.69, 9.17) is 4.74 Å². The molecule has 0 radical (unpaired) electrons. The zero-order valence-corrected chi connectivity index (χ0v) is 17.1. The molecule has 28 heavy (non-hydrogen) atoms. The van der Waals surface area contributed by atoms with Crippen LogP contribution in [0.1, 0.15) is 40.5 Å². The summed E-state index contributed by atoms with van der Waals surface area (Å²) in [5.74, 6) is -0.589. The lowest BCUT2D eigenvalue weighted by molar-refractivity contribution is -0.127. The Kier molecular flexibility index (Phi) is 6.46. The Hall–Kier alpha value is -2.67. The van der Waals surface area contributed by atoms with E-state index < -0.39 is 5.97 Å². The van der Waals surface area contributed by atoms with Gasteiger partial charge in [-0.25, -0.2) is 4.79 Å². The molecule has 2 aromatic carbocycles. The van der Waals surface area contributed by atoms with Crippen molar-refractivity contribution in [3.8, 4) is 0 Å². The number of anilines is 1. The summed E-state index contributed by atoms with van der Waals surface area (Å²) < 4.78 is 5.80. The van der Waals surface area contributed by atoms with Crippen molar-refractivity contribution in [3.05, 3.63) is 64.1 Å². The topological polar surface area (TPSA) is 66.9 Å². The number of esters is 1. The first-order valence-corrected chi connectivity index (χ1v) is 9.91. The molecule has 1 saturated heterocycles. The number of carbonyl (C=O) groups excluding carboxylic acids is 3. The van der Waals surface area contributed by atoms with E-state index in [9.17, 15) is 14.4 Å². The van der Waals surface area contributed by atoms with Crippen LogP contribution >= 0.6 is 15.9 Å². The Balaban J connectivity index is 1.90. The molecule has 0 saturated carbocycles. The number of nitrogens with zero attached hydrogens (tertiary/aromatic N) is 2. The normalized spacial score (nSPS) is 13.5. The second-order valence-electron chi connectivity index (χ2n) is 6.41. The van der Waals surface area contributed by atoms with E-state index in [2.05, 4.69) is 15.9 Å². The maximum Gasteiger partial charge on any atom is 0.338 e. The highest BCUT2D eigenvalue weighted by Crippen LogP contribution is 2.22. The summed E-state index contributed by atoms with van der Waals surface area (Å²) in [7, 11) is 0. The van der Waals surface area contributed by atoms with Gasteiger partial charge in [0.1, 0.15) is 6.67 Å². The third kappa shape index (κ3) is 4.59. The van der Waals surface area contributed by atoms with Crippen LogP contribution in [-0.2, 0) is 9.53 Å². The summed E-state index contributed by atoms with van der Waals surface area (Å²) in [6.07, 6.45) is 1.29. The van der Waals surface area contributed by atoms with Gasteiger partial charge in [-0.1, -0.05) is 22.0 Å². The lowest BCUT2D eigenvalue weighted by atomic mass is 10.1. The van der Waals surface area contributed by atoms with E-state index >= 15 is 0 Å². The third-order valence-corrected chi connectivity index (χ3v) is 4.98. The predicted molar refractivity (Wildman–Crippen MR) is 109 cm³/mol. The lowest BCUT2D eigenvalue weighted by Gasteiger charge is -2.28. The smallest absolute Gasteiger partial charge is 0.338 e. The number of hydrogen-bond donors (Lipinski definition) is 0. The van der Waals surface area contributed by atoms with Crippen molar-refractivity contribution in [2.45, 2.75) is 19.8 Å². The van der Waals surface area contributed by atoms with Crippen molar-refractivity contribution in [3.63, 3.8) is 0 Å². The monoisotopic (exact) mass is 444 g/mol. The molecule has 0 atom stereocenters. The largest absolute Gasteiger partial charge is 0.462 e. The van der Waals surface area contributed by atoms with E-state index in [1.165, 1.54) is 0 Å². The van der Waals surface area contributed by atoms with Gasteiger partial charge in [0.05, 0.1) is 12.2 Å². The molecule has 0 aliphatic carbocycles. The number of hydrogen-bond acceptors (Lipinski definition) is 4. The van der Waals surface area contributed by atoms with Crippen LogP contribution in [0.3, 0.4) is 0 Å². The van der Waals surface area contributed by atoms with Crippen LogP contribution in [0.4, 0.5) is 5.69 Å². The molecule has 1 aliphatic heterocycles. The second kappa shape index (κ2) is 9.01. The summed E-state index contributed by atoms with van der Waals surface area (Å²) in [6.45, 7) is 2.84. The van der Waals surface area contributed by atoms with E-state index in [1.54, 1.807) is 59.2 Å². The number of benzene rings is 2. The number of halogens is 1. The molecule has 0 spiro atoms. The highest BCUT2D eigenvalue weighted by atomic mass is 79.9. The van der Waals surface area contributed by atoms with Gasteiger partial charge in [-0.2, -0.15) is 0 Å². The highest BCUT2D eigenvalue weighted by molar-refractivity contribution is 9.10. The molecule has 146 valence electrons. The average molecular weight is 445 g/mol. The maximum atomic E-state index is 13.2. The molecule has 0 N–H and O–H groups in total. The molecule has 7 heteroatoms. The van der Waals surface area contributed by atoms with Gasteiger partial charge in [0.25, 0.3) is 5.91 Å². The predicted octanol–water partition coefficient (Wildman–Crippen LogP) is 3.85. The fraction of sp³-hybridized carbons (Fsp3) is 0.286. The van der Waals surface area contributed by atoms with Gasteiger partial charge in [-0.15, -0.1) is 0 Å². The fourth-order valence-electron chi connectivity index (χ4n) is 3.06. The van der Waals surface area contributed by atoms with Crippen LogP contribution in [0.2, 0.25) is 0 Å². The zero-order valence-electron chi connectivity index (χ0n) is 15.6. The van der Waals surface area contributed by atoms with Crippen LogP contribution in [0.15, 0.2) is 53.0 Å². The molecule has 2 amide bonds. The van der Waals surface area contributed by atoms with Crippen molar-refractivity contribution in [1.29, 1.82) is 0 Å². The van der Waals surface area contributed by atoms with Gasteiger partial charge in [-0.05, 0) is 55.8 Å². The van der Waals surface area contributed by atoms with Gasteiger partial charge < -0.3 is 9.64 Å². The second-order valence-corrected chi connectivity index (χ2v) is 7.33. The van der Waals surface area contributed by atoms with Gasteiger partial charge in [0.2, 0.25) is 5.91 Å². The molecule has 0 unspecified atom stereocenters. The third-order valence-electron chi connectivity index (χ3n) is 4.49. The Bertz CT molecular complexity index is 882. The molecular weight excluding hydrogens is 424 g/mol. The number of amides is 2. The summed E-state index contributed by atoms with van der Waals surface area (Å²) in [5, 5.41) is 0. The summed E-state index contributed by atoms with van der Waals surface area (Å²) in [6, 6.07) is 13.8. The molecule has 2 aromatic rings. The fourth-order valence-corrected chi connectivity index (χ4v) is 3.46.